The molecule has 7 unspecified atom stereocenters. The van der Waals surface area contributed by atoms with Crippen LogP contribution in [0.4, 0.5) is 0 Å². The minimum atomic E-state index is -4.69. The second-order valence-electron chi connectivity index (χ2n) is 16.2. The number of phosphoric acid groups is 1. The number of aryl methyl sites for hydroxylation is 2. The molecule has 0 aliphatic carbocycles. The van der Waals surface area contributed by atoms with E-state index in [1.807, 2.05) is 62.4 Å². The second-order valence-corrected chi connectivity index (χ2v) is 17.6. The second kappa shape index (κ2) is 27.5. The van der Waals surface area contributed by atoms with Gasteiger partial charge >= 0.3 is 7.82 Å². The molecule has 1 saturated heterocycles. The average Bonchev–Trinajstić information content (AvgIpc) is 3.68. The predicted octanol–water partition coefficient (Wildman–Crippen LogP) is 2.43. The number of rotatable bonds is 29. The van der Waals surface area contributed by atoms with Crippen molar-refractivity contribution in [2.75, 3.05) is 32.9 Å². The first-order chi connectivity index (χ1) is 30.0. The number of hydrogen-bond donors (Lipinski definition) is 7. The van der Waals surface area contributed by atoms with E-state index < -0.39 is 80.8 Å². The molecule has 0 saturated carbocycles. The molecule has 350 valence electrons. The summed E-state index contributed by atoms with van der Waals surface area (Å²) in [5, 5.41) is 19.5. The van der Waals surface area contributed by atoms with Crippen LogP contribution in [0.1, 0.15) is 90.2 Å². The third-order valence-electron chi connectivity index (χ3n) is 10.5. The van der Waals surface area contributed by atoms with Crippen LogP contribution in [0.3, 0.4) is 0 Å². The van der Waals surface area contributed by atoms with Crippen LogP contribution in [0.5, 0.6) is 0 Å². The summed E-state index contributed by atoms with van der Waals surface area (Å²) in [6, 6.07) is 14.8. The van der Waals surface area contributed by atoms with Crippen molar-refractivity contribution < 1.29 is 57.1 Å². The molecule has 2 aromatic carbocycles. The van der Waals surface area contributed by atoms with Crippen molar-refractivity contribution in [1.82, 2.24) is 26.2 Å². The molecule has 8 N–H and O–H groups in total. The minimum Gasteiger partial charge on any atom is -0.394 e. The number of likely N-dealkylation sites (tertiary alicyclic amines) is 1. The Bertz CT molecular complexity index is 1810. The molecule has 1 aliphatic rings. The summed E-state index contributed by atoms with van der Waals surface area (Å²) in [6.45, 7) is 5.28. The summed E-state index contributed by atoms with van der Waals surface area (Å²) in [4.78, 5) is 89.3. The molecule has 2 aromatic rings. The number of carbonyl (C=O) groups is 6. The van der Waals surface area contributed by atoms with E-state index in [1.54, 1.807) is 0 Å². The summed E-state index contributed by atoms with van der Waals surface area (Å²) in [5.74, 6) is -4.73. The number of unbranched alkanes of at least 4 members (excludes halogenated alkanes) is 4. The topological polar surface area (TPSA) is 265 Å². The van der Waals surface area contributed by atoms with Gasteiger partial charge in [0.2, 0.25) is 35.4 Å². The quantitative estimate of drug-likeness (QED) is 0.0459. The molecule has 19 heteroatoms. The molecule has 3 rings (SSSR count). The molecule has 0 radical (unpaired) electrons. The fourth-order valence-electron chi connectivity index (χ4n) is 7.13. The van der Waals surface area contributed by atoms with Crippen LogP contribution >= 0.6 is 7.82 Å². The standard InChI is InChI=1S/C44H67N6O12P/c1-30(2)25-36(48-44(57)38-26-35(28-50(38)32(4)52)60-23-16-14-22-34-20-12-8-13-21-34)42(55)46-27-39(53)47-37(29-51)43(56)49-40(41(45)54)31(3)62-63(58,59)61-24-15-6-5-9-17-33-18-10-7-11-19-33/h7-8,10-13,18-21,30-31,35-38,40,51H,5-6,9,14-17,22-29H2,1-4H3,(H2,45,54)(H,46,55)(H,47,53)(H,48,57)(H,49,56)(H,58,59). The summed E-state index contributed by atoms with van der Waals surface area (Å²) in [6.07, 6.45) is 5.21. The Morgan fingerprint density at radius 1 is 0.810 bits per heavy atom. The summed E-state index contributed by atoms with van der Waals surface area (Å²) >= 11 is 0. The number of amides is 6. The summed E-state index contributed by atoms with van der Waals surface area (Å²) in [7, 11) is -4.69. The highest BCUT2D eigenvalue weighted by Crippen LogP contribution is 2.45. The Hall–Kier alpha value is -4.71. The van der Waals surface area contributed by atoms with Crippen LogP contribution in [0.2, 0.25) is 0 Å². The van der Waals surface area contributed by atoms with Crippen LogP contribution < -0.4 is 27.0 Å². The van der Waals surface area contributed by atoms with Gasteiger partial charge < -0.3 is 46.6 Å². The van der Waals surface area contributed by atoms with Crippen molar-refractivity contribution in [2.24, 2.45) is 11.7 Å². The van der Waals surface area contributed by atoms with Crippen molar-refractivity contribution in [3.05, 3.63) is 71.8 Å². The first-order valence-electron chi connectivity index (χ1n) is 21.7. The van der Waals surface area contributed by atoms with Crippen LogP contribution in [0.15, 0.2) is 60.7 Å². The van der Waals surface area contributed by atoms with Gasteiger partial charge in [-0.3, -0.25) is 37.8 Å². The number of phosphoric ester groups is 1. The van der Waals surface area contributed by atoms with Gasteiger partial charge in [0.25, 0.3) is 0 Å². The zero-order chi connectivity index (χ0) is 46.4. The number of nitrogens with zero attached hydrogens (tertiary/aromatic N) is 1. The van der Waals surface area contributed by atoms with Gasteiger partial charge in [0.15, 0.2) is 0 Å². The number of hydrogen-bond acceptors (Lipinski definition) is 11. The number of aliphatic hydroxyl groups is 1. The molecule has 63 heavy (non-hydrogen) atoms. The normalized spacial score (nSPS) is 17.8. The number of aliphatic hydroxyl groups excluding tert-OH is 1. The molecule has 6 amide bonds. The van der Waals surface area contributed by atoms with Gasteiger partial charge in [0, 0.05) is 26.5 Å². The van der Waals surface area contributed by atoms with Crippen molar-refractivity contribution >= 4 is 43.3 Å². The maximum Gasteiger partial charge on any atom is 0.472 e. The van der Waals surface area contributed by atoms with E-state index in [1.165, 1.54) is 29.9 Å². The Labute approximate surface area is 370 Å². The van der Waals surface area contributed by atoms with Crippen molar-refractivity contribution in [2.45, 2.75) is 128 Å². The third kappa shape index (κ3) is 19.7. The Kier molecular flexibility index (Phi) is 23.0. The highest BCUT2D eigenvalue weighted by molar-refractivity contribution is 7.47. The van der Waals surface area contributed by atoms with Gasteiger partial charge in [0.1, 0.15) is 24.2 Å². The lowest BCUT2D eigenvalue weighted by Gasteiger charge is -2.26. The van der Waals surface area contributed by atoms with E-state index in [0.29, 0.717) is 13.0 Å². The van der Waals surface area contributed by atoms with E-state index in [9.17, 15) is 43.3 Å². The fraction of sp³-hybridized carbons (Fsp3) is 0.591. The van der Waals surface area contributed by atoms with Gasteiger partial charge in [-0.15, -0.1) is 0 Å². The monoisotopic (exact) mass is 902 g/mol. The number of carbonyl (C=O) groups excluding carboxylic acids is 6. The molecule has 0 bridgehead atoms. The maximum atomic E-state index is 13.6. The van der Waals surface area contributed by atoms with Gasteiger partial charge in [-0.2, -0.15) is 0 Å². The van der Waals surface area contributed by atoms with Crippen molar-refractivity contribution in [3.8, 4) is 0 Å². The smallest absolute Gasteiger partial charge is 0.394 e. The van der Waals surface area contributed by atoms with E-state index in [-0.39, 0.29) is 43.9 Å². The maximum absolute atomic E-state index is 13.6. The van der Waals surface area contributed by atoms with Crippen LogP contribution in [-0.2, 0) is 60.0 Å². The first-order valence-corrected chi connectivity index (χ1v) is 23.2. The van der Waals surface area contributed by atoms with Gasteiger partial charge in [-0.1, -0.05) is 87.4 Å². The van der Waals surface area contributed by atoms with Gasteiger partial charge in [-0.05, 0) is 68.9 Å². The van der Waals surface area contributed by atoms with Crippen LogP contribution in [-0.4, -0.2) is 120 Å². The molecule has 18 nitrogen and oxygen atoms in total. The number of ether oxygens (including phenoxy) is 1. The van der Waals surface area contributed by atoms with E-state index in [4.69, 9.17) is 19.5 Å². The zero-order valence-corrected chi connectivity index (χ0v) is 37.8. The molecule has 1 heterocycles. The fourth-order valence-corrected chi connectivity index (χ4v) is 8.09. The zero-order valence-electron chi connectivity index (χ0n) is 36.9. The van der Waals surface area contributed by atoms with Gasteiger partial charge in [0.05, 0.1) is 32.0 Å². The molecular weight excluding hydrogens is 835 g/mol. The van der Waals surface area contributed by atoms with Crippen molar-refractivity contribution in [3.63, 3.8) is 0 Å². The molecule has 0 aromatic heterocycles. The van der Waals surface area contributed by atoms with Crippen LogP contribution in [0.25, 0.3) is 0 Å². The molecule has 1 aliphatic heterocycles. The molecule has 1 fully saturated rings. The summed E-state index contributed by atoms with van der Waals surface area (Å²) in [5.41, 5.74) is 7.91. The number of nitrogens with one attached hydrogen (secondary N) is 4. The lowest BCUT2D eigenvalue weighted by molar-refractivity contribution is -0.138. The first kappa shape index (κ1) is 52.6. The van der Waals surface area contributed by atoms with E-state index in [2.05, 4.69) is 33.4 Å². The average molecular weight is 903 g/mol. The lowest BCUT2D eigenvalue weighted by Crippen LogP contribution is -2.58. The number of nitrogens with two attached hydrogens (primary N) is 1. The Morgan fingerprint density at radius 3 is 1.97 bits per heavy atom. The highest BCUT2D eigenvalue weighted by Gasteiger charge is 2.40. The largest absolute Gasteiger partial charge is 0.472 e. The minimum absolute atomic E-state index is 0.0620. The number of primary amides is 1. The van der Waals surface area contributed by atoms with E-state index in [0.717, 1.165) is 44.9 Å². The predicted molar refractivity (Wildman–Crippen MR) is 234 cm³/mol. The molecule has 7 atom stereocenters. The lowest BCUT2D eigenvalue weighted by atomic mass is 10.0. The third-order valence-corrected chi connectivity index (χ3v) is 11.6. The number of benzene rings is 2. The highest BCUT2D eigenvalue weighted by atomic mass is 31.2. The van der Waals surface area contributed by atoms with Crippen molar-refractivity contribution in [1.29, 1.82) is 0 Å². The summed E-state index contributed by atoms with van der Waals surface area (Å²) < 4.78 is 28.8. The van der Waals surface area contributed by atoms with Crippen LogP contribution in [0, 0.1) is 5.92 Å². The Balaban J connectivity index is 1.45. The Morgan fingerprint density at radius 2 is 1.40 bits per heavy atom. The molecular formula is C44H67N6O12P. The molecule has 0 spiro atoms. The van der Waals surface area contributed by atoms with E-state index >= 15 is 0 Å². The SMILES string of the molecule is CC(=O)N1CC(OCCCCc2ccccc2)CC1C(=O)NC(CC(C)C)C(=O)NCC(=O)NC(CO)C(=O)NC(C(N)=O)C(C)OP(=O)(O)OCCCCCCc1ccccc1. The van der Waals surface area contributed by atoms with Gasteiger partial charge in [-0.25, -0.2) is 4.57 Å².